The first-order chi connectivity index (χ1) is 13.2. The number of anilines is 1. The number of hydrogen-bond donors (Lipinski definition) is 2. The van der Waals surface area contributed by atoms with Crippen molar-refractivity contribution < 1.29 is 19.1 Å². The summed E-state index contributed by atoms with van der Waals surface area (Å²) in [7, 11) is 0. The lowest BCUT2D eigenvalue weighted by Gasteiger charge is -2.19. The van der Waals surface area contributed by atoms with Gasteiger partial charge in [-0.05, 0) is 37.1 Å². The molecule has 0 spiro atoms. The fourth-order valence-corrected chi connectivity index (χ4v) is 3.35. The van der Waals surface area contributed by atoms with Gasteiger partial charge < -0.3 is 20.1 Å². The number of nitrogens with zero attached hydrogens (tertiary/aromatic N) is 1. The van der Waals surface area contributed by atoms with Crippen molar-refractivity contribution >= 4 is 17.5 Å². The zero-order valence-electron chi connectivity index (χ0n) is 14.9. The van der Waals surface area contributed by atoms with Gasteiger partial charge in [-0.25, -0.2) is 0 Å². The molecule has 27 heavy (non-hydrogen) atoms. The van der Waals surface area contributed by atoms with Crippen molar-refractivity contribution in [3.63, 3.8) is 0 Å². The highest BCUT2D eigenvalue weighted by atomic mass is 16.6. The number of pyridine rings is 1. The summed E-state index contributed by atoms with van der Waals surface area (Å²) in [6.45, 7) is 0.989. The van der Waals surface area contributed by atoms with Crippen molar-refractivity contribution in [2.75, 3.05) is 18.5 Å². The van der Waals surface area contributed by atoms with Gasteiger partial charge in [0.2, 0.25) is 0 Å². The average Bonchev–Trinajstić information content (AvgIpc) is 3.21. The Morgan fingerprint density at radius 1 is 0.963 bits per heavy atom. The summed E-state index contributed by atoms with van der Waals surface area (Å²) < 4.78 is 11.0. The third-order valence-corrected chi connectivity index (χ3v) is 4.75. The number of ether oxygens (including phenoxy) is 2. The number of carbonyl (C=O) groups excluding carboxylic acids is 2. The molecule has 0 radical (unpaired) electrons. The van der Waals surface area contributed by atoms with E-state index < -0.39 is 0 Å². The van der Waals surface area contributed by atoms with Crippen molar-refractivity contribution in [3.05, 3.63) is 47.8 Å². The maximum atomic E-state index is 12.5. The lowest BCUT2D eigenvalue weighted by molar-refractivity contribution is 0.0937. The summed E-state index contributed by atoms with van der Waals surface area (Å²) in [5, 5.41) is 5.80. The number of nitrogens with one attached hydrogen (secondary N) is 2. The molecule has 2 heterocycles. The number of fused-ring (bicyclic) bond motifs is 1. The van der Waals surface area contributed by atoms with Crippen LogP contribution in [0.25, 0.3) is 0 Å². The van der Waals surface area contributed by atoms with Crippen LogP contribution in [0, 0.1) is 0 Å². The van der Waals surface area contributed by atoms with E-state index in [1.54, 1.807) is 24.3 Å². The van der Waals surface area contributed by atoms with Crippen molar-refractivity contribution in [3.8, 4) is 11.5 Å². The molecule has 0 atom stereocenters. The molecule has 0 bridgehead atoms. The molecule has 2 aromatic rings. The highest BCUT2D eigenvalue weighted by Gasteiger charge is 2.19. The van der Waals surface area contributed by atoms with Crippen LogP contribution in [-0.2, 0) is 0 Å². The summed E-state index contributed by atoms with van der Waals surface area (Å²) in [5.41, 5.74) is 1.19. The molecule has 2 aliphatic rings. The highest BCUT2D eigenvalue weighted by molar-refractivity contribution is 6.05. The third-order valence-electron chi connectivity index (χ3n) is 4.75. The summed E-state index contributed by atoms with van der Waals surface area (Å²) in [6, 6.07) is 8.55. The van der Waals surface area contributed by atoms with Gasteiger partial charge in [-0.15, -0.1) is 0 Å². The molecule has 1 aliphatic carbocycles. The number of amides is 2. The molecule has 1 saturated carbocycles. The topological polar surface area (TPSA) is 89.6 Å². The Morgan fingerprint density at radius 3 is 2.56 bits per heavy atom. The van der Waals surface area contributed by atoms with E-state index in [2.05, 4.69) is 15.6 Å². The van der Waals surface area contributed by atoms with Crippen LogP contribution < -0.4 is 20.1 Å². The van der Waals surface area contributed by atoms with E-state index in [-0.39, 0.29) is 23.6 Å². The van der Waals surface area contributed by atoms with Crippen molar-refractivity contribution in [1.82, 2.24) is 10.3 Å². The van der Waals surface area contributed by atoms with Crippen molar-refractivity contribution in [1.29, 1.82) is 0 Å². The molecule has 1 aromatic carbocycles. The minimum absolute atomic E-state index is 0.169. The molecule has 7 heteroatoms. The predicted molar refractivity (Wildman–Crippen MR) is 99.3 cm³/mol. The number of aromatic nitrogens is 1. The fraction of sp³-hybridized carbons (Fsp3) is 0.350. The van der Waals surface area contributed by atoms with Gasteiger partial charge in [0, 0.05) is 29.6 Å². The van der Waals surface area contributed by atoms with E-state index >= 15 is 0 Å². The minimum Gasteiger partial charge on any atom is -0.486 e. The van der Waals surface area contributed by atoms with E-state index in [1.165, 1.54) is 12.3 Å². The zero-order chi connectivity index (χ0) is 18.6. The van der Waals surface area contributed by atoms with Gasteiger partial charge >= 0.3 is 0 Å². The quantitative estimate of drug-likeness (QED) is 0.867. The summed E-state index contributed by atoms with van der Waals surface area (Å²) >= 11 is 0. The molecule has 2 amide bonds. The van der Waals surface area contributed by atoms with Gasteiger partial charge in [-0.3, -0.25) is 14.6 Å². The number of rotatable bonds is 4. The molecule has 4 rings (SSSR count). The number of benzene rings is 1. The third kappa shape index (κ3) is 4.02. The molecule has 1 aromatic heterocycles. The first-order valence-electron chi connectivity index (χ1n) is 9.17. The molecule has 2 N–H and O–H groups in total. The predicted octanol–water partition coefficient (Wildman–Crippen LogP) is 2.78. The molecule has 0 unspecified atom stereocenters. The van der Waals surface area contributed by atoms with E-state index in [4.69, 9.17) is 9.47 Å². The lowest BCUT2D eigenvalue weighted by atomic mass is 10.1. The van der Waals surface area contributed by atoms with Crippen LogP contribution in [0.1, 0.15) is 46.5 Å². The van der Waals surface area contributed by atoms with Gasteiger partial charge in [0.1, 0.15) is 18.9 Å². The zero-order valence-corrected chi connectivity index (χ0v) is 14.9. The average molecular weight is 367 g/mol. The largest absolute Gasteiger partial charge is 0.486 e. The smallest absolute Gasteiger partial charge is 0.274 e. The second-order valence-electron chi connectivity index (χ2n) is 6.70. The first-order valence-corrected chi connectivity index (χ1v) is 9.17. The van der Waals surface area contributed by atoms with Crippen LogP contribution in [0.15, 0.2) is 36.5 Å². The van der Waals surface area contributed by atoms with Gasteiger partial charge in [-0.1, -0.05) is 12.8 Å². The minimum atomic E-state index is -0.387. The van der Waals surface area contributed by atoms with E-state index in [0.29, 0.717) is 36.0 Å². The Bertz CT molecular complexity index is 862. The molecule has 140 valence electrons. The first kappa shape index (κ1) is 17.3. The molecular weight excluding hydrogens is 346 g/mol. The summed E-state index contributed by atoms with van der Waals surface area (Å²) in [5.74, 6) is 0.694. The number of hydrogen-bond acceptors (Lipinski definition) is 5. The highest BCUT2D eigenvalue weighted by Crippen LogP contribution is 2.32. The maximum absolute atomic E-state index is 12.5. The van der Waals surface area contributed by atoms with Crippen LogP contribution in [0.5, 0.6) is 11.5 Å². The van der Waals surface area contributed by atoms with Gasteiger partial charge in [0.15, 0.2) is 11.5 Å². The maximum Gasteiger partial charge on any atom is 0.274 e. The Balaban J connectivity index is 1.45. The van der Waals surface area contributed by atoms with Crippen LogP contribution in [0.3, 0.4) is 0 Å². The molecule has 1 fully saturated rings. The molecule has 1 aliphatic heterocycles. The summed E-state index contributed by atoms with van der Waals surface area (Å²) in [6.07, 6.45) is 5.78. The number of carbonyl (C=O) groups is 2. The Hall–Kier alpha value is -3.09. The van der Waals surface area contributed by atoms with E-state index in [9.17, 15) is 9.59 Å². The summed E-state index contributed by atoms with van der Waals surface area (Å²) in [4.78, 5) is 29.0. The Labute approximate surface area is 157 Å². The van der Waals surface area contributed by atoms with E-state index in [1.807, 2.05) is 0 Å². The fourth-order valence-electron chi connectivity index (χ4n) is 3.35. The van der Waals surface area contributed by atoms with Gasteiger partial charge in [0.05, 0.1) is 0 Å². The van der Waals surface area contributed by atoms with Crippen LogP contribution in [-0.4, -0.2) is 36.1 Å². The van der Waals surface area contributed by atoms with E-state index in [0.717, 1.165) is 25.7 Å². The normalized spacial score (nSPS) is 16.0. The second-order valence-corrected chi connectivity index (χ2v) is 6.70. The lowest BCUT2D eigenvalue weighted by Crippen LogP contribution is -2.32. The van der Waals surface area contributed by atoms with Crippen LogP contribution >= 0.6 is 0 Å². The monoisotopic (exact) mass is 367 g/mol. The second kappa shape index (κ2) is 7.65. The molecule has 0 saturated heterocycles. The van der Waals surface area contributed by atoms with Gasteiger partial charge in [-0.2, -0.15) is 0 Å². The standard InChI is InChI=1S/C20H21N3O4/c24-19(22-14-3-1-2-4-14)13-7-8-21-16(11-13)20(25)23-15-5-6-17-18(12-15)27-10-9-26-17/h5-8,11-12,14H,1-4,9-10H2,(H,22,24)(H,23,25). The molecule has 7 nitrogen and oxygen atoms in total. The van der Waals surface area contributed by atoms with Crippen LogP contribution in [0.2, 0.25) is 0 Å². The van der Waals surface area contributed by atoms with Gasteiger partial charge in [0.25, 0.3) is 11.8 Å². The van der Waals surface area contributed by atoms with Crippen LogP contribution in [0.4, 0.5) is 5.69 Å². The Morgan fingerprint density at radius 2 is 1.74 bits per heavy atom. The SMILES string of the molecule is O=C(NC1CCCC1)c1ccnc(C(=O)Nc2ccc3c(c2)OCCO3)c1. The Kier molecular flexibility index (Phi) is 4.91. The van der Waals surface area contributed by atoms with Crippen molar-refractivity contribution in [2.45, 2.75) is 31.7 Å². The van der Waals surface area contributed by atoms with Crippen molar-refractivity contribution in [2.24, 2.45) is 0 Å². The molecular formula is C20H21N3O4.